The third-order valence-electron chi connectivity index (χ3n) is 3.20. The predicted molar refractivity (Wildman–Crippen MR) is 63.5 cm³/mol. The van der Waals surface area contributed by atoms with Crippen LogP contribution in [0.2, 0.25) is 0 Å². The Labute approximate surface area is 98.4 Å². The average Bonchev–Trinajstić information content (AvgIpc) is 2.35. The first-order valence-corrected chi connectivity index (χ1v) is 6.24. The summed E-state index contributed by atoms with van der Waals surface area (Å²) in [6, 6.07) is 0. The number of rotatable bonds is 8. The van der Waals surface area contributed by atoms with Gasteiger partial charge < -0.3 is 19.9 Å². The molecule has 16 heavy (non-hydrogen) atoms. The fourth-order valence-electron chi connectivity index (χ4n) is 2.16. The summed E-state index contributed by atoms with van der Waals surface area (Å²) in [6.07, 6.45) is 5.99. The quantitative estimate of drug-likeness (QED) is 0.640. The Kier molecular flexibility index (Phi) is 6.96. The second kappa shape index (κ2) is 8.01. The standard InChI is InChI=1S/C12H25NO3/c1-14-7-8-15-9-10-16-12(11-13)5-3-2-4-6-12/h2-11,13H2,1H3. The summed E-state index contributed by atoms with van der Waals surface area (Å²) in [7, 11) is 1.67. The highest BCUT2D eigenvalue weighted by Crippen LogP contribution is 2.30. The first-order chi connectivity index (χ1) is 7.83. The van der Waals surface area contributed by atoms with Crippen molar-refractivity contribution in [1.82, 2.24) is 0 Å². The van der Waals surface area contributed by atoms with E-state index < -0.39 is 0 Å². The third-order valence-corrected chi connectivity index (χ3v) is 3.20. The van der Waals surface area contributed by atoms with E-state index in [1.165, 1.54) is 19.3 Å². The number of methoxy groups -OCH3 is 1. The topological polar surface area (TPSA) is 53.7 Å². The molecule has 0 spiro atoms. The van der Waals surface area contributed by atoms with E-state index in [2.05, 4.69) is 0 Å². The molecule has 1 aliphatic rings. The first-order valence-electron chi connectivity index (χ1n) is 6.24. The zero-order valence-corrected chi connectivity index (χ0v) is 10.4. The van der Waals surface area contributed by atoms with Gasteiger partial charge in [0, 0.05) is 13.7 Å². The number of ether oxygens (including phenoxy) is 3. The molecule has 1 saturated carbocycles. The Balaban J connectivity index is 2.08. The van der Waals surface area contributed by atoms with Gasteiger partial charge in [-0.1, -0.05) is 19.3 Å². The second-order valence-electron chi connectivity index (χ2n) is 4.40. The van der Waals surface area contributed by atoms with Crippen LogP contribution >= 0.6 is 0 Å². The smallest absolute Gasteiger partial charge is 0.0805 e. The van der Waals surface area contributed by atoms with Gasteiger partial charge in [-0.3, -0.25) is 0 Å². The lowest BCUT2D eigenvalue weighted by molar-refractivity contribution is -0.0840. The minimum Gasteiger partial charge on any atom is -0.382 e. The molecule has 0 aromatic carbocycles. The van der Waals surface area contributed by atoms with Gasteiger partial charge >= 0.3 is 0 Å². The van der Waals surface area contributed by atoms with E-state index in [0.29, 0.717) is 33.0 Å². The minimum absolute atomic E-state index is 0.0666. The van der Waals surface area contributed by atoms with Crippen molar-refractivity contribution in [2.45, 2.75) is 37.7 Å². The van der Waals surface area contributed by atoms with E-state index in [-0.39, 0.29) is 5.60 Å². The summed E-state index contributed by atoms with van der Waals surface area (Å²) in [4.78, 5) is 0. The van der Waals surface area contributed by atoms with Crippen molar-refractivity contribution in [2.75, 3.05) is 40.1 Å². The van der Waals surface area contributed by atoms with Gasteiger partial charge in [-0.2, -0.15) is 0 Å². The molecule has 0 saturated heterocycles. The van der Waals surface area contributed by atoms with E-state index in [1.54, 1.807) is 7.11 Å². The molecule has 0 aliphatic heterocycles. The van der Waals surface area contributed by atoms with Crippen molar-refractivity contribution in [3.63, 3.8) is 0 Å². The molecule has 1 aliphatic carbocycles. The molecule has 0 aromatic heterocycles. The van der Waals surface area contributed by atoms with Crippen LogP contribution in [0.5, 0.6) is 0 Å². The zero-order chi connectivity index (χ0) is 11.7. The average molecular weight is 231 g/mol. The molecule has 0 heterocycles. The Hall–Kier alpha value is -0.160. The Bertz CT molecular complexity index is 170. The van der Waals surface area contributed by atoms with Gasteiger partial charge in [0.1, 0.15) is 0 Å². The molecule has 1 rings (SSSR count). The zero-order valence-electron chi connectivity index (χ0n) is 10.4. The molecule has 0 bridgehead atoms. The predicted octanol–water partition coefficient (Wildman–Crippen LogP) is 1.33. The van der Waals surface area contributed by atoms with Crippen LogP contribution < -0.4 is 5.73 Å². The molecule has 4 heteroatoms. The van der Waals surface area contributed by atoms with Crippen molar-refractivity contribution in [3.8, 4) is 0 Å². The van der Waals surface area contributed by atoms with Gasteiger partial charge in [-0.15, -0.1) is 0 Å². The van der Waals surface area contributed by atoms with E-state index >= 15 is 0 Å². The monoisotopic (exact) mass is 231 g/mol. The van der Waals surface area contributed by atoms with E-state index in [1.807, 2.05) is 0 Å². The number of nitrogens with two attached hydrogens (primary N) is 1. The van der Waals surface area contributed by atoms with Crippen molar-refractivity contribution in [3.05, 3.63) is 0 Å². The Morgan fingerprint density at radius 3 is 2.31 bits per heavy atom. The van der Waals surface area contributed by atoms with E-state index in [9.17, 15) is 0 Å². The normalized spacial score (nSPS) is 19.9. The largest absolute Gasteiger partial charge is 0.382 e. The maximum absolute atomic E-state index is 5.91. The van der Waals surface area contributed by atoms with Crippen LogP contribution in [0.3, 0.4) is 0 Å². The molecule has 0 amide bonds. The molecular weight excluding hydrogens is 206 g/mol. The van der Waals surface area contributed by atoms with Gasteiger partial charge in [0.25, 0.3) is 0 Å². The van der Waals surface area contributed by atoms with Crippen LogP contribution in [-0.4, -0.2) is 45.7 Å². The van der Waals surface area contributed by atoms with E-state index in [4.69, 9.17) is 19.9 Å². The molecule has 1 fully saturated rings. The lowest BCUT2D eigenvalue weighted by Gasteiger charge is -2.36. The summed E-state index contributed by atoms with van der Waals surface area (Å²) in [6.45, 7) is 3.18. The summed E-state index contributed by atoms with van der Waals surface area (Å²) >= 11 is 0. The molecule has 4 nitrogen and oxygen atoms in total. The summed E-state index contributed by atoms with van der Waals surface area (Å²) in [5.41, 5.74) is 5.75. The van der Waals surface area contributed by atoms with Crippen LogP contribution in [0.4, 0.5) is 0 Å². The molecule has 0 unspecified atom stereocenters. The molecule has 2 N–H and O–H groups in total. The molecule has 0 atom stereocenters. The Morgan fingerprint density at radius 2 is 1.69 bits per heavy atom. The highest BCUT2D eigenvalue weighted by molar-refractivity contribution is 4.85. The van der Waals surface area contributed by atoms with E-state index in [0.717, 1.165) is 12.8 Å². The summed E-state index contributed by atoms with van der Waals surface area (Å²) in [5, 5.41) is 0. The SMILES string of the molecule is COCCOCCOC1(CN)CCCCC1. The van der Waals surface area contributed by atoms with Gasteiger partial charge in [-0.25, -0.2) is 0 Å². The van der Waals surface area contributed by atoms with Crippen LogP contribution in [-0.2, 0) is 14.2 Å². The van der Waals surface area contributed by atoms with Crippen molar-refractivity contribution in [1.29, 1.82) is 0 Å². The van der Waals surface area contributed by atoms with Crippen molar-refractivity contribution >= 4 is 0 Å². The van der Waals surface area contributed by atoms with Crippen LogP contribution in [0.25, 0.3) is 0 Å². The van der Waals surface area contributed by atoms with Crippen LogP contribution in [0.15, 0.2) is 0 Å². The maximum Gasteiger partial charge on any atom is 0.0805 e. The number of hydrogen-bond donors (Lipinski definition) is 1. The van der Waals surface area contributed by atoms with Gasteiger partial charge in [-0.05, 0) is 12.8 Å². The van der Waals surface area contributed by atoms with Crippen molar-refractivity contribution in [2.24, 2.45) is 5.73 Å². The lowest BCUT2D eigenvalue weighted by atomic mass is 9.85. The molecule has 0 radical (unpaired) electrons. The molecular formula is C12H25NO3. The maximum atomic E-state index is 5.91. The lowest BCUT2D eigenvalue weighted by Crippen LogP contribution is -2.43. The Morgan fingerprint density at radius 1 is 1.00 bits per heavy atom. The highest BCUT2D eigenvalue weighted by Gasteiger charge is 2.31. The fraction of sp³-hybridized carbons (Fsp3) is 1.00. The highest BCUT2D eigenvalue weighted by atomic mass is 16.5. The minimum atomic E-state index is -0.0666. The van der Waals surface area contributed by atoms with Gasteiger partial charge in [0.15, 0.2) is 0 Å². The fourth-order valence-corrected chi connectivity index (χ4v) is 2.16. The summed E-state index contributed by atoms with van der Waals surface area (Å²) < 4.78 is 16.2. The third kappa shape index (κ3) is 4.78. The molecule has 96 valence electrons. The summed E-state index contributed by atoms with van der Waals surface area (Å²) in [5.74, 6) is 0. The second-order valence-corrected chi connectivity index (χ2v) is 4.40. The van der Waals surface area contributed by atoms with Crippen LogP contribution in [0.1, 0.15) is 32.1 Å². The molecule has 0 aromatic rings. The van der Waals surface area contributed by atoms with Crippen molar-refractivity contribution < 1.29 is 14.2 Å². The van der Waals surface area contributed by atoms with Crippen LogP contribution in [0, 0.1) is 0 Å². The first kappa shape index (κ1) is 13.9. The number of hydrogen-bond acceptors (Lipinski definition) is 4. The van der Waals surface area contributed by atoms with Gasteiger partial charge in [0.2, 0.25) is 0 Å². The van der Waals surface area contributed by atoms with Gasteiger partial charge in [0.05, 0.1) is 32.0 Å².